The summed E-state index contributed by atoms with van der Waals surface area (Å²) >= 11 is 0. The van der Waals surface area contributed by atoms with Gasteiger partial charge in [0.1, 0.15) is 11.7 Å². The maximum Gasteiger partial charge on any atom is 0.303 e. The molecule has 0 aromatic heterocycles. The molecule has 0 bridgehead atoms. The fourth-order valence-electron chi connectivity index (χ4n) is 2.71. The largest absolute Gasteiger partial charge is 0.456 e. The molecule has 1 N–H and O–H groups in total. The van der Waals surface area contributed by atoms with Gasteiger partial charge < -0.3 is 19.5 Å². The molecule has 2 aliphatic heterocycles. The summed E-state index contributed by atoms with van der Waals surface area (Å²) in [7, 11) is 0. The molecular weight excluding hydrogens is 274 g/mol. The lowest BCUT2D eigenvalue weighted by Gasteiger charge is -2.38. The van der Waals surface area contributed by atoms with Gasteiger partial charge in [0.15, 0.2) is 6.10 Å². The Bertz CT molecular complexity index is 418. The fourth-order valence-corrected chi connectivity index (χ4v) is 2.71. The maximum absolute atomic E-state index is 11.8. The van der Waals surface area contributed by atoms with Crippen LogP contribution in [0.5, 0.6) is 0 Å². The van der Waals surface area contributed by atoms with Gasteiger partial charge in [-0.15, -0.1) is 6.58 Å². The first-order valence-corrected chi connectivity index (χ1v) is 7.36. The zero-order valence-corrected chi connectivity index (χ0v) is 12.6. The predicted molar refractivity (Wildman–Crippen MR) is 75.6 cm³/mol. The van der Waals surface area contributed by atoms with Crippen LogP contribution < -0.4 is 5.32 Å². The van der Waals surface area contributed by atoms with Crippen molar-refractivity contribution in [1.29, 1.82) is 0 Å². The van der Waals surface area contributed by atoms with E-state index < -0.39 is 17.8 Å². The summed E-state index contributed by atoms with van der Waals surface area (Å²) in [6, 6.07) is 0. The quantitative estimate of drug-likeness (QED) is 0.449. The van der Waals surface area contributed by atoms with E-state index in [-0.39, 0.29) is 24.4 Å². The van der Waals surface area contributed by atoms with Crippen LogP contribution in [0.1, 0.15) is 33.1 Å². The zero-order chi connectivity index (χ0) is 15.5. The Morgan fingerprint density at radius 1 is 1.52 bits per heavy atom. The van der Waals surface area contributed by atoms with Crippen molar-refractivity contribution in [3.8, 4) is 0 Å². The maximum atomic E-state index is 11.8. The molecule has 2 heterocycles. The van der Waals surface area contributed by atoms with Crippen molar-refractivity contribution >= 4 is 11.9 Å². The fraction of sp³-hybridized carbons (Fsp3) is 0.733. The second-order valence-corrected chi connectivity index (χ2v) is 5.60. The number of ether oxygens (including phenoxy) is 3. The van der Waals surface area contributed by atoms with E-state index in [1.165, 1.54) is 6.92 Å². The van der Waals surface area contributed by atoms with Gasteiger partial charge in [0.2, 0.25) is 5.91 Å². The van der Waals surface area contributed by atoms with Gasteiger partial charge in [0.25, 0.3) is 0 Å². The van der Waals surface area contributed by atoms with Gasteiger partial charge in [0.05, 0.1) is 19.1 Å². The lowest BCUT2D eigenvalue weighted by molar-refractivity contribution is -0.179. The number of rotatable bonds is 6. The molecule has 0 aromatic rings. The summed E-state index contributed by atoms with van der Waals surface area (Å²) in [5.74, 6) is -0.407. The Morgan fingerprint density at radius 2 is 2.24 bits per heavy atom. The Labute approximate surface area is 124 Å². The van der Waals surface area contributed by atoms with Crippen molar-refractivity contribution in [2.45, 2.75) is 57.0 Å². The monoisotopic (exact) mass is 297 g/mol. The minimum absolute atomic E-state index is 0.0357. The first kappa shape index (κ1) is 16.0. The molecule has 1 amide bonds. The third-order valence-electron chi connectivity index (χ3n) is 3.77. The third kappa shape index (κ3) is 3.83. The van der Waals surface area contributed by atoms with E-state index in [1.54, 1.807) is 6.08 Å². The normalized spacial score (nSPS) is 34.3. The van der Waals surface area contributed by atoms with Gasteiger partial charge in [-0.25, -0.2) is 0 Å². The number of hydrogen-bond acceptors (Lipinski definition) is 5. The molecule has 0 radical (unpaired) electrons. The summed E-state index contributed by atoms with van der Waals surface area (Å²) in [5, 5.41) is 2.83. The molecule has 4 atom stereocenters. The number of epoxide rings is 1. The Balaban J connectivity index is 1.98. The zero-order valence-electron chi connectivity index (χ0n) is 12.6. The summed E-state index contributed by atoms with van der Waals surface area (Å²) in [6.45, 7) is 8.27. The average molecular weight is 297 g/mol. The van der Waals surface area contributed by atoms with Gasteiger partial charge >= 0.3 is 5.97 Å². The lowest BCUT2D eigenvalue weighted by Crippen LogP contribution is -2.52. The number of esters is 1. The van der Waals surface area contributed by atoms with Crippen LogP contribution in [-0.4, -0.2) is 48.9 Å². The van der Waals surface area contributed by atoms with Crippen molar-refractivity contribution < 1.29 is 23.8 Å². The summed E-state index contributed by atoms with van der Waals surface area (Å²) in [5.41, 5.74) is -0.515. The van der Waals surface area contributed by atoms with Gasteiger partial charge in [-0.3, -0.25) is 9.59 Å². The molecule has 0 aromatic carbocycles. The van der Waals surface area contributed by atoms with Crippen LogP contribution in [0.4, 0.5) is 0 Å². The number of carbonyl (C=O) groups is 2. The van der Waals surface area contributed by atoms with Gasteiger partial charge in [-0.05, 0) is 6.42 Å². The first-order chi connectivity index (χ1) is 10.0. The van der Waals surface area contributed by atoms with Crippen molar-refractivity contribution in [3.63, 3.8) is 0 Å². The van der Waals surface area contributed by atoms with E-state index in [9.17, 15) is 9.59 Å². The molecule has 2 rings (SSSR count). The lowest BCUT2D eigenvalue weighted by atomic mass is 9.87. The molecule has 6 nitrogen and oxygen atoms in total. The van der Waals surface area contributed by atoms with E-state index >= 15 is 0 Å². The van der Waals surface area contributed by atoms with E-state index in [1.807, 2.05) is 6.92 Å². The second kappa shape index (κ2) is 6.58. The predicted octanol–water partition coefficient (Wildman–Crippen LogP) is 0.947. The molecule has 4 unspecified atom stereocenters. The van der Waals surface area contributed by atoms with Crippen molar-refractivity contribution in [2.24, 2.45) is 0 Å². The molecule has 0 saturated carbocycles. The minimum atomic E-state index is -0.515. The molecule has 2 fully saturated rings. The van der Waals surface area contributed by atoms with Crippen LogP contribution in [0, 0.1) is 0 Å². The number of hydrogen-bond donors (Lipinski definition) is 1. The van der Waals surface area contributed by atoms with Crippen molar-refractivity contribution in [1.82, 2.24) is 5.32 Å². The summed E-state index contributed by atoms with van der Waals surface area (Å²) in [4.78, 5) is 23.0. The van der Waals surface area contributed by atoms with E-state index in [4.69, 9.17) is 14.2 Å². The van der Waals surface area contributed by atoms with Gasteiger partial charge in [0, 0.05) is 19.9 Å². The van der Waals surface area contributed by atoms with Crippen LogP contribution in [0.25, 0.3) is 0 Å². The van der Waals surface area contributed by atoms with E-state index in [2.05, 4.69) is 11.9 Å². The number of amides is 1. The van der Waals surface area contributed by atoms with Gasteiger partial charge in [-0.2, -0.15) is 0 Å². The highest BCUT2D eigenvalue weighted by Gasteiger charge is 2.60. The van der Waals surface area contributed by atoms with Crippen LogP contribution >= 0.6 is 0 Å². The van der Waals surface area contributed by atoms with Crippen molar-refractivity contribution in [3.05, 3.63) is 12.7 Å². The molecular formula is C15H23NO5. The molecule has 6 heteroatoms. The molecule has 1 spiro atoms. The highest BCUT2D eigenvalue weighted by molar-refractivity contribution is 5.76. The van der Waals surface area contributed by atoms with Crippen LogP contribution in [0.3, 0.4) is 0 Å². The molecule has 118 valence electrons. The molecule has 2 saturated heterocycles. The Kier molecular flexibility index (Phi) is 5.00. The molecule has 0 aliphatic carbocycles. The minimum Gasteiger partial charge on any atom is -0.456 e. The molecule has 2 aliphatic rings. The van der Waals surface area contributed by atoms with E-state index in [0.29, 0.717) is 19.6 Å². The molecule has 21 heavy (non-hydrogen) atoms. The smallest absolute Gasteiger partial charge is 0.303 e. The SMILES string of the molecule is C=CC1OC(CC(=O)NCCC)CC2(CO2)C1OC(C)=O. The topological polar surface area (TPSA) is 77.2 Å². The average Bonchev–Trinajstić information content (AvgIpc) is 3.19. The second-order valence-electron chi connectivity index (χ2n) is 5.60. The van der Waals surface area contributed by atoms with E-state index in [0.717, 1.165) is 6.42 Å². The summed E-state index contributed by atoms with van der Waals surface area (Å²) in [6.07, 6.45) is 2.15. The Hall–Kier alpha value is -1.40. The third-order valence-corrected chi connectivity index (χ3v) is 3.77. The van der Waals surface area contributed by atoms with Crippen LogP contribution in [0.2, 0.25) is 0 Å². The van der Waals surface area contributed by atoms with Crippen molar-refractivity contribution in [2.75, 3.05) is 13.2 Å². The van der Waals surface area contributed by atoms with Crippen LogP contribution in [-0.2, 0) is 23.8 Å². The highest BCUT2D eigenvalue weighted by atomic mass is 16.7. The first-order valence-electron chi connectivity index (χ1n) is 7.36. The standard InChI is InChI=1S/C15H23NO5/c1-4-6-16-13(18)7-11-8-15(9-19-15)14(20-10(3)17)12(5-2)21-11/h5,11-12,14H,2,4,6-9H2,1,3H3,(H,16,18). The van der Waals surface area contributed by atoms with Crippen LogP contribution in [0.15, 0.2) is 12.7 Å². The Morgan fingerprint density at radius 3 is 2.76 bits per heavy atom. The highest BCUT2D eigenvalue weighted by Crippen LogP contribution is 2.44. The summed E-state index contributed by atoms with van der Waals surface area (Å²) < 4.78 is 16.7. The van der Waals surface area contributed by atoms with Gasteiger partial charge in [-0.1, -0.05) is 13.0 Å². The number of carbonyl (C=O) groups excluding carboxylic acids is 2. The number of nitrogens with one attached hydrogen (secondary N) is 1.